The van der Waals surface area contributed by atoms with Crippen molar-refractivity contribution in [2.45, 2.75) is 38.3 Å². The van der Waals surface area contributed by atoms with Crippen LogP contribution in [0, 0.1) is 12.3 Å². The highest BCUT2D eigenvalue weighted by atomic mass is 16.5. The van der Waals surface area contributed by atoms with E-state index in [9.17, 15) is 9.90 Å². The maximum atomic E-state index is 12.7. The average molecular weight is 316 g/mol. The molecule has 2 fully saturated rings. The molecular formula is C16H20N4O3. The van der Waals surface area contributed by atoms with Gasteiger partial charge in [-0.25, -0.2) is 9.97 Å². The molecule has 2 aliphatic rings. The van der Waals surface area contributed by atoms with Crippen molar-refractivity contribution in [3.05, 3.63) is 30.0 Å². The predicted octanol–water partition coefficient (Wildman–Crippen LogP) is 0.698. The van der Waals surface area contributed by atoms with E-state index in [2.05, 4.69) is 15.3 Å². The normalized spacial score (nSPS) is 26.2. The maximum absolute atomic E-state index is 12.7. The Hall–Kier alpha value is -1.99. The number of aryl methyl sites for hydroxylation is 1. The Morgan fingerprint density at radius 1 is 1.48 bits per heavy atom. The van der Waals surface area contributed by atoms with E-state index in [4.69, 9.17) is 4.74 Å². The van der Waals surface area contributed by atoms with Gasteiger partial charge < -0.3 is 19.6 Å². The van der Waals surface area contributed by atoms with E-state index in [1.807, 2.05) is 13.1 Å². The summed E-state index contributed by atoms with van der Waals surface area (Å²) in [4.78, 5) is 21.2. The number of hydrogen-bond acceptors (Lipinski definition) is 5. The van der Waals surface area contributed by atoms with Gasteiger partial charge in [-0.1, -0.05) is 0 Å². The number of aliphatic hydroxyl groups excluding tert-OH is 1. The fraction of sp³-hybridized carbons (Fsp3) is 0.562. The lowest BCUT2D eigenvalue weighted by atomic mass is 9.58. The van der Waals surface area contributed by atoms with Gasteiger partial charge in [0.1, 0.15) is 0 Å². The molecule has 0 bridgehead atoms. The monoisotopic (exact) mass is 316 g/mol. The summed E-state index contributed by atoms with van der Waals surface area (Å²) >= 11 is 0. The second kappa shape index (κ2) is 5.28. The molecule has 1 saturated carbocycles. The molecule has 0 radical (unpaired) electrons. The molecule has 1 spiro atoms. The summed E-state index contributed by atoms with van der Waals surface area (Å²) in [5, 5.41) is 13.3. The zero-order chi connectivity index (χ0) is 16.0. The van der Waals surface area contributed by atoms with Crippen LogP contribution in [0.25, 0.3) is 5.65 Å². The van der Waals surface area contributed by atoms with Gasteiger partial charge in [-0.3, -0.25) is 4.79 Å². The standard InChI is InChI=1S/C16H20N4O3/c1-10-9-20-5-4-17-13(14(20)18-10)15(22)19-11-8-12(21)16(11)2-6-23-7-3-16/h4-5,9,11-12,21H,2-3,6-8H2,1H3,(H,19,22)/t11-,12-/m1/s1. The van der Waals surface area contributed by atoms with E-state index < -0.39 is 0 Å². The minimum atomic E-state index is -0.367. The van der Waals surface area contributed by atoms with Crippen molar-refractivity contribution in [3.8, 4) is 0 Å². The van der Waals surface area contributed by atoms with Gasteiger partial charge in [-0.15, -0.1) is 0 Å². The van der Waals surface area contributed by atoms with Crippen LogP contribution in [-0.4, -0.2) is 50.7 Å². The molecule has 23 heavy (non-hydrogen) atoms. The fourth-order valence-electron chi connectivity index (χ4n) is 3.83. The van der Waals surface area contributed by atoms with Gasteiger partial charge in [0, 0.05) is 43.3 Å². The number of amides is 1. The summed E-state index contributed by atoms with van der Waals surface area (Å²) < 4.78 is 7.20. The van der Waals surface area contributed by atoms with Crippen LogP contribution in [0.3, 0.4) is 0 Å². The van der Waals surface area contributed by atoms with E-state index in [0.29, 0.717) is 31.0 Å². The van der Waals surface area contributed by atoms with Crippen LogP contribution in [0.5, 0.6) is 0 Å². The Morgan fingerprint density at radius 3 is 3.00 bits per heavy atom. The SMILES string of the molecule is Cc1cn2ccnc(C(=O)N[C@@H]3C[C@@H](O)C34CCOCC4)c2n1. The number of aromatic nitrogens is 3. The molecular weight excluding hydrogens is 296 g/mol. The zero-order valence-electron chi connectivity index (χ0n) is 13.0. The van der Waals surface area contributed by atoms with Crippen molar-refractivity contribution in [1.29, 1.82) is 0 Å². The summed E-state index contributed by atoms with van der Waals surface area (Å²) in [6.45, 7) is 3.15. The van der Waals surface area contributed by atoms with Gasteiger partial charge >= 0.3 is 0 Å². The third kappa shape index (κ3) is 2.22. The Kier molecular flexibility index (Phi) is 3.35. The number of nitrogens with one attached hydrogen (secondary N) is 1. The Bertz CT molecular complexity index is 751. The topological polar surface area (TPSA) is 88.8 Å². The van der Waals surface area contributed by atoms with Gasteiger partial charge in [-0.2, -0.15) is 0 Å². The molecule has 0 aromatic carbocycles. The number of nitrogens with zero attached hydrogens (tertiary/aromatic N) is 3. The molecule has 1 amide bonds. The van der Waals surface area contributed by atoms with Crippen molar-refractivity contribution >= 4 is 11.6 Å². The minimum absolute atomic E-state index is 0.0352. The van der Waals surface area contributed by atoms with E-state index >= 15 is 0 Å². The maximum Gasteiger partial charge on any atom is 0.273 e. The highest BCUT2D eigenvalue weighted by Gasteiger charge is 2.55. The number of hydrogen-bond donors (Lipinski definition) is 2. The first-order valence-corrected chi connectivity index (χ1v) is 7.97. The van der Waals surface area contributed by atoms with E-state index in [-0.39, 0.29) is 23.5 Å². The van der Waals surface area contributed by atoms with Crippen molar-refractivity contribution in [2.75, 3.05) is 13.2 Å². The summed E-state index contributed by atoms with van der Waals surface area (Å²) in [5.74, 6) is -0.232. The minimum Gasteiger partial charge on any atom is -0.392 e. The van der Waals surface area contributed by atoms with E-state index in [0.717, 1.165) is 18.5 Å². The number of ether oxygens (including phenoxy) is 1. The first-order valence-electron chi connectivity index (χ1n) is 7.97. The lowest BCUT2D eigenvalue weighted by Gasteiger charge is -2.55. The molecule has 1 aliphatic carbocycles. The largest absolute Gasteiger partial charge is 0.392 e. The first-order chi connectivity index (χ1) is 11.1. The Labute approximate surface area is 133 Å². The van der Waals surface area contributed by atoms with Crippen LogP contribution >= 0.6 is 0 Å². The van der Waals surface area contributed by atoms with Gasteiger partial charge in [0.15, 0.2) is 11.3 Å². The number of aliphatic hydroxyl groups is 1. The number of carbonyl (C=O) groups is 1. The molecule has 1 aliphatic heterocycles. The van der Waals surface area contributed by atoms with Gasteiger partial charge in [-0.05, 0) is 26.2 Å². The Morgan fingerprint density at radius 2 is 2.26 bits per heavy atom. The van der Waals surface area contributed by atoms with Gasteiger partial charge in [0.05, 0.1) is 11.8 Å². The molecule has 122 valence electrons. The third-order valence-corrected chi connectivity index (χ3v) is 5.26. The van der Waals surface area contributed by atoms with Crippen LogP contribution in [-0.2, 0) is 4.74 Å². The lowest BCUT2D eigenvalue weighted by Crippen LogP contribution is -2.65. The van der Waals surface area contributed by atoms with Gasteiger partial charge in [0.2, 0.25) is 0 Å². The van der Waals surface area contributed by atoms with Crippen molar-refractivity contribution in [2.24, 2.45) is 5.41 Å². The van der Waals surface area contributed by atoms with Crippen LogP contribution in [0.2, 0.25) is 0 Å². The molecule has 7 nitrogen and oxygen atoms in total. The van der Waals surface area contributed by atoms with Crippen LogP contribution in [0.4, 0.5) is 0 Å². The number of imidazole rings is 1. The smallest absolute Gasteiger partial charge is 0.273 e. The van der Waals surface area contributed by atoms with Crippen molar-refractivity contribution < 1.29 is 14.6 Å². The quantitative estimate of drug-likeness (QED) is 0.851. The second-order valence-electron chi connectivity index (χ2n) is 6.51. The lowest BCUT2D eigenvalue weighted by molar-refractivity contribution is -0.145. The number of carbonyl (C=O) groups excluding carboxylic acids is 1. The van der Waals surface area contributed by atoms with Crippen LogP contribution in [0.15, 0.2) is 18.6 Å². The number of rotatable bonds is 2. The predicted molar refractivity (Wildman–Crippen MR) is 82.1 cm³/mol. The second-order valence-corrected chi connectivity index (χ2v) is 6.51. The molecule has 2 aromatic heterocycles. The molecule has 2 atom stereocenters. The van der Waals surface area contributed by atoms with E-state index in [1.54, 1.807) is 16.8 Å². The Balaban J connectivity index is 1.58. The van der Waals surface area contributed by atoms with Crippen LogP contribution in [0.1, 0.15) is 35.4 Å². The molecule has 3 heterocycles. The highest BCUT2D eigenvalue weighted by Crippen LogP contribution is 2.49. The van der Waals surface area contributed by atoms with Gasteiger partial charge in [0.25, 0.3) is 5.91 Å². The zero-order valence-corrected chi connectivity index (χ0v) is 13.0. The first kappa shape index (κ1) is 14.6. The summed E-state index contributed by atoms with van der Waals surface area (Å²) in [5.41, 5.74) is 1.48. The number of fused-ring (bicyclic) bond motifs is 1. The molecule has 4 rings (SSSR count). The van der Waals surface area contributed by atoms with Crippen molar-refractivity contribution in [3.63, 3.8) is 0 Å². The summed E-state index contributed by atoms with van der Waals surface area (Å²) in [6, 6.07) is -0.0352. The summed E-state index contributed by atoms with van der Waals surface area (Å²) in [6.07, 6.45) is 7.01. The average Bonchev–Trinajstić information content (AvgIpc) is 2.95. The molecule has 2 aromatic rings. The molecule has 2 N–H and O–H groups in total. The fourth-order valence-corrected chi connectivity index (χ4v) is 3.83. The molecule has 1 saturated heterocycles. The van der Waals surface area contributed by atoms with Crippen LogP contribution < -0.4 is 5.32 Å². The third-order valence-electron chi connectivity index (χ3n) is 5.26. The highest BCUT2D eigenvalue weighted by molar-refractivity contribution is 5.98. The summed E-state index contributed by atoms with van der Waals surface area (Å²) in [7, 11) is 0. The molecule has 0 unspecified atom stereocenters. The van der Waals surface area contributed by atoms with E-state index in [1.165, 1.54) is 0 Å². The molecule has 7 heteroatoms. The van der Waals surface area contributed by atoms with Crippen molar-refractivity contribution in [1.82, 2.24) is 19.7 Å².